The van der Waals surface area contributed by atoms with E-state index in [4.69, 9.17) is 4.74 Å². The number of amides is 2. The van der Waals surface area contributed by atoms with E-state index in [2.05, 4.69) is 34.9 Å². The second-order valence-electron chi connectivity index (χ2n) is 6.38. The van der Waals surface area contributed by atoms with E-state index in [9.17, 15) is 4.79 Å². The summed E-state index contributed by atoms with van der Waals surface area (Å²) in [6.07, 6.45) is 3.50. The van der Waals surface area contributed by atoms with Crippen molar-refractivity contribution >= 4 is 6.03 Å². The lowest BCUT2D eigenvalue weighted by Crippen LogP contribution is -2.48. The highest BCUT2D eigenvalue weighted by atomic mass is 16.5. The van der Waals surface area contributed by atoms with Gasteiger partial charge in [-0.2, -0.15) is 0 Å². The molecule has 0 saturated heterocycles. The number of urea groups is 1. The highest BCUT2D eigenvalue weighted by Gasteiger charge is 2.38. The second-order valence-corrected chi connectivity index (χ2v) is 6.38. The number of carbonyl (C=O) groups is 1. The van der Waals surface area contributed by atoms with Crippen LogP contribution in [0.5, 0.6) is 5.75 Å². The third-order valence-electron chi connectivity index (χ3n) is 4.90. The minimum absolute atomic E-state index is 0.110. The van der Waals surface area contributed by atoms with Crippen LogP contribution in [0.3, 0.4) is 0 Å². The Morgan fingerprint density at radius 1 is 1.04 bits per heavy atom. The smallest absolute Gasteiger partial charge is 0.315 e. The molecule has 2 amide bonds. The summed E-state index contributed by atoms with van der Waals surface area (Å²) in [5.74, 6) is 0.818. The zero-order valence-corrected chi connectivity index (χ0v) is 14.0. The van der Waals surface area contributed by atoms with Gasteiger partial charge in [0, 0.05) is 18.5 Å². The number of methoxy groups -OCH3 is 1. The number of hydrogen-bond acceptors (Lipinski definition) is 2. The van der Waals surface area contributed by atoms with Gasteiger partial charge in [-0.1, -0.05) is 48.9 Å². The summed E-state index contributed by atoms with van der Waals surface area (Å²) in [5, 5.41) is 5.96. The third-order valence-corrected chi connectivity index (χ3v) is 4.90. The van der Waals surface area contributed by atoms with E-state index in [1.165, 1.54) is 12.0 Å². The normalized spacial score (nSPS) is 15.2. The summed E-state index contributed by atoms with van der Waals surface area (Å²) in [6, 6.07) is 18.1. The molecule has 1 fully saturated rings. The van der Waals surface area contributed by atoms with Crippen molar-refractivity contribution in [3.63, 3.8) is 0 Å². The number of rotatable bonds is 6. The first kappa shape index (κ1) is 16.4. The molecule has 4 nitrogen and oxygen atoms in total. The predicted molar refractivity (Wildman–Crippen MR) is 95.2 cm³/mol. The van der Waals surface area contributed by atoms with Crippen molar-refractivity contribution in [2.24, 2.45) is 0 Å². The van der Waals surface area contributed by atoms with E-state index < -0.39 is 0 Å². The maximum Gasteiger partial charge on any atom is 0.315 e. The van der Waals surface area contributed by atoms with Crippen LogP contribution in [0.25, 0.3) is 0 Å². The Bertz CT molecular complexity index is 664. The summed E-state index contributed by atoms with van der Waals surface area (Å²) >= 11 is 0. The van der Waals surface area contributed by atoms with Crippen LogP contribution in [0.15, 0.2) is 54.6 Å². The lowest BCUT2D eigenvalue weighted by Gasteiger charge is -2.42. The first-order valence-corrected chi connectivity index (χ1v) is 8.42. The van der Waals surface area contributed by atoms with Gasteiger partial charge < -0.3 is 15.4 Å². The van der Waals surface area contributed by atoms with Gasteiger partial charge in [0.2, 0.25) is 0 Å². The number of carbonyl (C=O) groups excluding carboxylic acids is 1. The Labute approximate surface area is 143 Å². The molecule has 0 heterocycles. The molecule has 0 aliphatic heterocycles. The number of benzene rings is 2. The van der Waals surface area contributed by atoms with Crippen molar-refractivity contribution in [1.29, 1.82) is 0 Å². The molecular weight excluding hydrogens is 300 g/mol. The first-order valence-electron chi connectivity index (χ1n) is 8.42. The van der Waals surface area contributed by atoms with E-state index in [1.807, 2.05) is 30.3 Å². The van der Waals surface area contributed by atoms with Gasteiger partial charge in [0.25, 0.3) is 0 Å². The average molecular weight is 324 g/mol. The lowest BCUT2D eigenvalue weighted by molar-refractivity contribution is 0.214. The Hall–Kier alpha value is -2.49. The molecule has 0 aromatic heterocycles. The maximum absolute atomic E-state index is 12.1. The number of hydrogen-bond donors (Lipinski definition) is 2. The van der Waals surface area contributed by atoms with Crippen LogP contribution in [0, 0.1) is 0 Å². The SMILES string of the molecule is COc1ccc(CNC(=O)NCC2(c3ccccc3)CCC2)cc1. The fourth-order valence-corrected chi connectivity index (χ4v) is 3.20. The second kappa shape index (κ2) is 7.39. The van der Waals surface area contributed by atoms with Crippen LogP contribution in [0.4, 0.5) is 4.79 Å². The average Bonchev–Trinajstić information content (AvgIpc) is 2.60. The van der Waals surface area contributed by atoms with Crippen LogP contribution < -0.4 is 15.4 Å². The van der Waals surface area contributed by atoms with Crippen LogP contribution in [-0.2, 0) is 12.0 Å². The Kier molecular flexibility index (Phi) is 5.04. The van der Waals surface area contributed by atoms with Crippen molar-refractivity contribution in [3.05, 3.63) is 65.7 Å². The minimum atomic E-state index is -0.118. The zero-order valence-electron chi connectivity index (χ0n) is 14.0. The van der Waals surface area contributed by atoms with Gasteiger partial charge in [-0.05, 0) is 36.1 Å². The highest BCUT2D eigenvalue weighted by Crippen LogP contribution is 2.43. The van der Waals surface area contributed by atoms with E-state index in [-0.39, 0.29) is 11.4 Å². The van der Waals surface area contributed by atoms with Crippen LogP contribution >= 0.6 is 0 Å². The summed E-state index contributed by atoms with van der Waals surface area (Å²) in [5.41, 5.74) is 2.48. The van der Waals surface area contributed by atoms with Gasteiger partial charge in [-0.15, -0.1) is 0 Å². The first-order chi connectivity index (χ1) is 11.7. The van der Waals surface area contributed by atoms with Crippen molar-refractivity contribution in [3.8, 4) is 5.75 Å². The standard InChI is InChI=1S/C20H24N2O2/c1-24-18-10-8-16(9-11-18)14-21-19(23)22-15-20(12-5-13-20)17-6-3-2-4-7-17/h2-4,6-11H,5,12-15H2,1H3,(H2,21,22,23). The number of nitrogens with one attached hydrogen (secondary N) is 2. The highest BCUT2D eigenvalue weighted by molar-refractivity contribution is 5.74. The Balaban J connectivity index is 1.50. The van der Waals surface area contributed by atoms with Crippen molar-refractivity contribution in [1.82, 2.24) is 10.6 Å². The van der Waals surface area contributed by atoms with E-state index >= 15 is 0 Å². The molecule has 1 aliphatic rings. The summed E-state index contributed by atoms with van der Waals surface area (Å²) in [6.45, 7) is 1.19. The van der Waals surface area contributed by atoms with Gasteiger partial charge in [0.05, 0.1) is 7.11 Å². The summed E-state index contributed by atoms with van der Waals surface area (Å²) in [4.78, 5) is 12.1. The lowest BCUT2D eigenvalue weighted by atomic mass is 9.64. The monoisotopic (exact) mass is 324 g/mol. The molecule has 1 saturated carbocycles. The van der Waals surface area contributed by atoms with E-state index in [1.54, 1.807) is 7.11 Å². The van der Waals surface area contributed by atoms with Gasteiger partial charge >= 0.3 is 6.03 Å². The molecule has 2 aromatic rings. The maximum atomic E-state index is 12.1. The minimum Gasteiger partial charge on any atom is -0.497 e. The molecule has 4 heteroatoms. The molecule has 126 valence electrons. The van der Waals surface area contributed by atoms with Crippen LogP contribution in [0.1, 0.15) is 30.4 Å². The molecule has 1 aliphatic carbocycles. The quantitative estimate of drug-likeness (QED) is 0.853. The Morgan fingerprint density at radius 2 is 1.75 bits per heavy atom. The largest absolute Gasteiger partial charge is 0.497 e. The topological polar surface area (TPSA) is 50.4 Å². The molecule has 3 rings (SSSR count). The molecule has 2 aromatic carbocycles. The molecule has 0 bridgehead atoms. The zero-order chi connectivity index (χ0) is 16.8. The van der Waals surface area contributed by atoms with Crippen molar-refractivity contribution in [2.45, 2.75) is 31.2 Å². The van der Waals surface area contributed by atoms with E-state index in [0.717, 1.165) is 24.2 Å². The summed E-state index contributed by atoms with van der Waals surface area (Å²) in [7, 11) is 1.64. The molecule has 2 N–H and O–H groups in total. The predicted octanol–water partition coefficient (Wildman–Crippen LogP) is 3.62. The molecule has 0 spiro atoms. The fourth-order valence-electron chi connectivity index (χ4n) is 3.20. The van der Waals surface area contributed by atoms with Crippen molar-refractivity contribution < 1.29 is 9.53 Å². The number of ether oxygens (including phenoxy) is 1. The Morgan fingerprint density at radius 3 is 2.33 bits per heavy atom. The van der Waals surface area contributed by atoms with E-state index in [0.29, 0.717) is 13.1 Å². The van der Waals surface area contributed by atoms with Gasteiger partial charge in [-0.25, -0.2) is 4.79 Å². The van der Waals surface area contributed by atoms with Crippen molar-refractivity contribution in [2.75, 3.05) is 13.7 Å². The third kappa shape index (κ3) is 3.70. The fraction of sp³-hybridized carbons (Fsp3) is 0.350. The molecule has 24 heavy (non-hydrogen) atoms. The van der Waals surface area contributed by atoms with Gasteiger partial charge in [0.1, 0.15) is 5.75 Å². The molecule has 0 radical (unpaired) electrons. The molecule has 0 atom stereocenters. The molecular formula is C20H24N2O2. The van der Waals surface area contributed by atoms with Crippen LogP contribution in [0.2, 0.25) is 0 Å². The summed E-state index contributed by atoms with van der Waals surface area (Å²) < 4.78 is 5.13. The molecule has 0 unspecified atom stereocenters. The van der Waals surface area contributed by atoms with Crippen LogP contribution in [-0.4, -0.2) is 19.7 Å². The van der Waals surface area contributed by atoms with Gasteiger partial charge in [-0.3, -0.25) is 0 Å². The van der Waals surface area contributed by atoms with Gasteiger partial charge in [0.15, 0.2) is 0 Å².